The molecule has 0 spiro atoms. The Hall–Kier alpha value is -5.02. The molecule has 168 valence electrons. The number of benzene rings is 4. The number of hydrazone groups is 1. The van der Waals surface area contributed by atoms with Crippen molar-refractivity contribution in [3.63, 3.8) is 0 Å². The van der Waals surface area contributed by atoms with Gasteiger partial charge in [0.1, 0.15) is 11.8 Å². The van der Waals surface area contributed by atoms with Crippen molar-refractivity contribution >= 4 is 33.8 Å². The van der Waals surface area contributed by atoms with E-state index in [1.807, 2.05) is 91.0 Å². The Morgan fingerprint density at radius 1 is 0.943 bits per heavy atom. The van der Waals surface area contributed by atoms with Gasteiger partial charge in [0.25, 0.3) is 5.91 Å². The summed E-state index contributed by atoms with van der Waals surface area (Å²) in [5.41, 5.74) is 6.17. The van der Waals surface area contributed by atoms with Crippen molar-refractivity contribution in [2.75, 3.05) is 6.61 Å². The van der Waals surface area contributed by atoms with E-state index in [0.717, 1.165) is 27.2 Å². The monoisotopic (exact) mass is 456 g/mol. The summed E-state index contributed by atoms with van der Waals surface area (Å²) in [4.78, 5) is 18.0. The predicted octanol–water partition coefficient (Wildman–Crippen LogP) is 5.72. The summed E-state index contributed by atoms with van der Waals surface area (Å²) in [5, 5.41) is 15.8. The lowest BCUT2D eigenvalue weighted by Gasteiger charge is -2.10. The molecule has 1 N–H and O–H groups in total. The van der Waals surface area contributed by atoms with Gasteiger partial charge in [-0.2, -0.15) is 10.4 Å². The highest BCUT2D eigenvalue weighted by Crippen LogP contribution is 2.27. The number of para-hydroxylation sites is 1. The van der Waals surface area contributed by atoms with Crippen molar-refractivity contribution in [2.24, 2.45) is 5.10 Å². The highest BCUT2D eigenvalue weighted by Gasteiger charge is 2.14. The minimum Gasteiger partial charge on any atom is -0.478 e. The van der Waals surface area contributed by atoms with Crippen molar-refractivity contribution in [1.29, 1.82) is 5.26 Å². The molecule has 1 heterocycles. The van der Waals surface area contributed by atoms with E-state index in [4.69, 9.17) is 15.0 Å². The molecular weight excluding hydrogens is 436 g/mol. The topological polar surface area (TPSA) is 87.4 Å². The standard InChI is InChI=1S/C29H20N4O2/c30-16-17-35-28-15-14-20-8-4-5-11-22(20)25(28)19-31-33-29(34)24-18-27(21-9-2-1-3-10-21)32-26-13-7-6-12-23(24)26/h1-15,18-19H,17H2,(H,33,34)/b31-19-. The molecule has 6 nitrogen and oxygen atoms in total. The fraction of sp³-hybridized carbons (Fsp3) is 0.0345. The molecular formula is C29H20N4O2. The molecule has 4 aromatic carbocycles. The van der Waals surface area contributed by atoms with E-state index in [0.29, 0.717) is 22.6 Å². The predicted molar refractivity (Wildman–Crippen MR) is 137 cm³/mol. The minimum atomic E-state index is -0.350. The van der Waals surface area contributed by atoms with Crippen LogP contribution in [-0.2, 0) is 0 Å². The van der Waals surface area contributed by atoms with Gasteiger partial charge in [0, 0.05) is 16.5 Å². The summed E-state index contributed by atoms with van der Waals surface area (Å²) in [6, 6.07) is 32.5. The maximum atomic E-state index is 13.2. The lowest BCUT2D eigenvalue weighted by atomic mass is 10.0. The number of nitrogens with zero attached hydrogens (tertiary/aromatic N) is 3. The highest BCUT2D eigenvalue weighted by molar-refractivity contribution is 6.08. The molecule has 0 aliphatic carbocycles. The van der Waals surface area contributed by atoms with Crippen LogP contribution in [0.5, 0.6) is 5.75 Å². The molecule has 0 unspecified atom stereocenters. The van der Waals surface area contributed by atoms with Gasteiger partial charge in [0.15, 0.2) is 6.61 Å². The van der Waals surface area contributed by atoms with Gasteiger partial charge < -0.3 is 4.74 Å². The summed E-state index contributed by atoms with van der Waals surface area (Å²) in [6.45, 7) is -0.0865. The summed E-state index contributed by atoms with van der Waals surface area (Å²) >= 11 is 0. The number of amides is 1. The summed E-state index contributed by atoms with van der Waals surface area (Å²) in [5.74, 6) is 0.167. The number of carbonyl (C=O) groups excluding carboxylic acids is 1. The van der Waals surface area contributed by atoms with Gasteiger partial charge in [-0.25, -0.2) is 10.4 Å². The molecule has 0 fully saturated rings. The minimum absolute atomic E-state index is 0.0865. The normalized spacial score (nSPS) is 10.9. The van der Waals surface area contributed by atoms with Crippen LogP contribution in [0.4, 0.5) is 0 Å². The van der Waals surface area contributed by atoms with Gasteiger partial charge in [0.05, 0.1) is 23.0 Å². The maximum Gasteiger partial charge on any atom is 0.272 e. The number of hydrogen-bond acceptors (Lipinski definition) is 5. The summed E-state index contributed by atoms with van der Waals surface area (Å²) < 4.78 is 5.59. The third-order valence-corrected chi connectivity index (χ3v) is 5.61. The number of fused-ring (bicyclic) bond motifs is 2. The maximum absolute atomic E-state index is 13.2. The van der Waals surface area contributed by atoms with Crippen molar-refractivity contribution in [2.45, 2.75) is 0 Å². The first-order chi connectivity index (χ1) is 17.2. The second-order valence-corrected chi connectivity index (χ2v) is 7.78. The van der Waals surface area contributed by atoms with E-state index in [1.54, 1.807) is 18.3 Å². The number of aromatic nitrogens is 1. The molecule has 0 saturated heterocycles. The van der Waals surface area contributed by atoms with Crippen molar-refractivity contribution in [3.8, 4) is 23.1 Å². The highest BCUT2D eigenvalue weighted by atomic mass is 16.5. The second kappa shape index (κ2) is 9.86. The van der Waals surface area contributed by atoms with Crippen molar-refractivity contribution < 1.29 is 9.53 Å². The summed E-state index contributed by atoms with van der Waals surface area (Å²) in [7, 11) is 0. The van der Waals surface area contributed by atoms with Crippen LogP contribution in [0.2, 0.25) is 0 Å². The number of nitrogens with one attached hydrogen (secondary N) is 1. The molecule has 0 aliphatic rings. The van der Waals surface area contributed by atoms with Crippen molar-refractivity contribution in [3.05, 3.63) is 108 Å². The Kier molecular flexibility index (Phi) is 6.14. The number of hydrogen-bond donors (Lipinski definition) is 1. The van der Waals surface area contributed by atoms with Gasteiger partial charge in [-0.3, -0.25) is 4.79 Å². The quantitative estimate of drug-likeness (QED) is 0.261. The van der Waals surface area contributed by atoms with E-state index >= 15 is 0 Å². The van der Waals surface area contributed by atoms with Crippen LogP contribution in [0.1, 0.15) is 15.9 Å². The Labute approximate surface area is 202 Å². The second-order valence-electron chi connectivity index (χ2n) is 7.78. The first-order valence-corrected chi connectivity index (χ1v) is 11.0. The molecule has 0 bridgehead atoms. The zero-order chi connectivity index (χ0) is 24.0. The average molecular weight is 457 g/mol. The van der Waals surface area contributed by atoms with E-state index in [9.17, 15) is 4.79 Å². The van der Waals surface area contributed by atoms with Gasteiger partial charge >= 0.3 is 0 Å². The number of pyridine rings is 1. The number of nitriles is 1. The molecule has 1 amide bonds. The molecule has 0 saturated carbocycles. The SMILES string of the molecule is N#CCOc1ccc2ccccc2c1/C=N\NC(=O)c1cc(-c2ccccc2)nc2ccccc12. The smallest absolute Gasteiger partial charge is 0.272 e. The Balaban J connectivity index is 1.50. The van der Waals surface area contributed by atoms with Gasteiger partial charge in [-0.05, 0) is 29.0 Å². The van der Waals surface area contributed by atoms with Crippen LogP contribution in [0.25, 0.3) is 32.9 Å². The number of carbonyl (C=O) groups is 1. The molecule has 5 rings (SSSR count). The van der Waals surface area contributed by atoms with Crippen molar-refractivity contribution in [1.82, 2.24) is 10.4 Å². The molecule has 35 heavy (non-hydrogen) atoms. The van der Waals surface area contributed by atoms with E-state index < -0.39 is 0 Å². The Bertz CT molecular complexity index is 1600. The molecule has 0 radical (unpaired) electrons. The molecule has 6 heteroatoms. The Morgan fingerprint density at radius 3 is 2.51 bits per heavy atom. The van der Waals surface area contributed by atoms with Crippen LogP contribution in [-0.4, -0.2) is 23.7 Å². The molecule has 1 aromatic heterocycles. The van der Waals surface area contributed by atoms with Crippen LogP contribution in [0.3, 0.4) is 0 Å². The zero-order valence-corrected chi connectivity index (χ0v) is 18.7. The van der Waals surface area contributed by atoms with Gasteiger partial charge in [-0.1, -0.05) is 78.9 Å². The average Bonchev–Trinajstić information content (AvgIpc) is 2.92. The van der Waals surface area contributed by atoms with Crippen LogP contribution >= 0.6 is 0 Å². The number of rotatable bonds is 6. The third kappa shape index (κ3) is 4.56. The summed E-state index contributed by atoms with van der Waals surface area (Å²) in [6.07, 6.45) is 1.55. The molecule has 0 atom stereocenters. The lowest BCUT2D eigenvalue weighted by molar-refractivity contribution is 0.0956. The third-order valence-electron chi connectivity index (χ3n) is 5.61. The van der Waals surface area contributed by atoms with Gasteiger partial charge in [0.2, 0.25) is 0 Å². The number of ether oxygens (including phenoxy) is 1. The fourth-order valence-corrected chi connectivity index (χ4v) is 3.98. The first kappa shape index (κ1) is 21.8. The Morgan fingerprint density at radius 2 is 1.69 bits per heavy atom. The van der Waals surface area contributed by atoms with Crippen LogP contribution < -0.4 is 10.2 Å². The van der Waals surface area contributed by atoms with E-state index in [-0.39, 0.29) is 12.5 Å². The van der Waals surface area contributed by atoms with Crippen LogP contribution in [0.15, 0.2) is 102 Å². The van der Waals surface area contributed by atoms with E-state index in [1.165, 1.54) is 0 Å². The van der Waals surface area contributed by atoms with Crippen LogP contribution in [0, 0.1) is 11.3 Å². The van der Waals surface area contributed by atoms with Gasteiger partial charge in [-0.15, -0.1) is 0 Å². The molecule has 0 aliphatic heterocycles. The fourth-order valence-electron chi connectivity index (χ4n) is 3.98. The van der Waals surface area contributed by atoms with E-state index in [2.05, 4.69) is 10.5 Å². The lowest BCUT2D eigenvalue weighted by Crippen LogP contribution is -2.18. The first-order valence-electron chi connectivity index (χ1n) is 11.0. The molecule has 5 aromatic rings. The zero-order valence-electron chi connectivity index (χ0n) is 18.7. The largest absolute Gasteiger partial charge is 0.478 e.